The molecule has 5 aromatic rings. The Kier molecular flexibility index (Phi) is 10.7. The van der Waals surface area contributed by atoms with Crippen molar-refractivity contribution in [3.63, 3.8) is 0 Å². The van der Waals surface area contributed by atoms with Gasteiger partial charge in [0.05, 0.1) is 18.6 Å². The van der Waals surface area contributed by atoms with Crippen molar-refractivity contribution >= 4 is 69.3 Å². The molecule has 226 valence electrons. The van der Waals surface area contributed by atoms with Gasteiger partial charge in [-0.15, -0.1) is 23.1 Å². The molecule has 0 atom stereocenters. The van der Waals surface area contributed by atoms with Crippen molar-refractivity contribution in [3.8, 4) is 17.0 Å². The van der Waals surface area contributed by atoms with Crippen LogP contribution in [0.4, 0.5) is 10.8 Å². The number of halogens is 1. The number of hydrogen-bond donors (Lipinski definition) is 3. The Morgan fingerprint density at radius 1 is 0.889 bits per heavy atom. The third kappa shape index (κ3) is 8.82. The number of aromatic nitrogens is 1. The third-order valence-corrected chi connectivity index (χ3v) is 8.44. The SMILES string of the molecule is COc1ccc(/C=C(\NC(=O)c2ccccc2)C(=O)Nc2ccc(SCC(=O)Nc3nc(-c4ccccc4Cl)cs3)cc2)cc1. The van der Waals surface area contributed by atoms with Crippen LogP contribution in [0.2, 0.25) is 5.02 Å². The topological polar surface area (TPSA) is 109 Å². The number of nitrogens with one attached hydrogen (secondary N) is 3. The number of nitrogens with zero attached hydrogens (tertiary/aromatic N) is 1. The van der Waals surface area contributed by atoms with Gasteiger partial charge in [0.2, 0.25) is 5.91 Å². The van der Waals surface area contributed by atoms with Crippen molar-refractivity contribution in [1.82, 2.24) is 10.3 Å². The maximum absolute atomic E-state index is 13.3. The average Bonchev–Trinajstić information content (AvgIpc) is 3.53. The molecule has 0 radical (unpaired) electrons. The van der Waals surface area contributed by atoms with Crippen molar-refractivity contribution in [3.05, 3.63) is 130 Å². The summed E-state index contributed by atoms with van der Waals surface area (Å²) >= 11 is 8.94. The zero-order valence-electron chi connectivity index (χ0n) is 24.0. The molecular formula is C34H27ClN4O4S2. The number of ether oxygens (including phenoxy) is 1. The first-order valence-electron chi connectivity index (χ1n) is 13.6. The molecule has 0 fully saturated rings. The maximum Gasteiger partial charge on any atom is 0.272 e. The summed E-state index contributed by atoms with van der Waals surface area (Å²) in [5.41, 5.74) is 3.24. The number of amides is 3. The molecule has 1 heterocycles. The number of methoxy groups -OCH3 is 1. The maximum atomic E-state index is 13.3. The second-order valence-corrected chi connectivity index (χ2v) is 11.8. The highest BCUT2D eigenvalue weighted by molar-refractivity contribution is 8.00. The van der Waals surface area contributed by atoms with Gasteiger partial charge >= 0.3 is 0 Å². The normalized spacial score (nSPS) is 11.0. The van der Waals surface area contributed by atoms with Crippen LogP contribution in [-0.2, 0) is 9.59 Å². The van der Waals surface area contributed by atoms with E-state index in [4.69, 9.17) is 16.3 Å². The Labute approximate surface area is 273 Å². The van der Waals surface area contributed by atoms with Gasteiger partial charge < -0.3 is 20.7 Å². The second kappa shape index (κ2) is 15.2. The van der Waals surface area contributed by atoms with E-state index in [2.05, 4.69) is 20.9 Å². The molecule has 11 heteroatoms. The number of hydrogen-bond acceptors (Lipinski definition) is 7. The van der Waals surface area contributed by atoms with Crippen LogP contribution < -0.4 is 20.7 Å². The average molecular weight is 655 g/mol. The van der Waals surface area contributed by atoms with E-state index in [-0.39, 0.29) is 17.4 Å². The predicted molar refractivity (Wildman–Crippen MR) is 182 cm³/mol. The molecule has 0 bridgehead atoms. The molecule has 8 nitrogen and oxygen atoms in total. The van der Waals surface area contributed by atoms with Crippen LogP contribution in [0.15, 0.2) is 119 Å². The molecule has 0 aliphatic carbocycles. The van der Waals surface area contributed by atoms with Gasteiger partial charge in [-0.2, -0.15) is 0 Å². The van der Waals surface area contributed by atoms with Crippen LogP contribution in [0.5, 0.6) is 5.75 Å². The van der Waals surface area contributed by atoms with Gasteiger partial charge in [-0.1, -0.05) is 60.1 Å². The van der Waals surface area contributed by atoms with Crippen molar-refractivity contribution < 1.29 is 19.1 Å². The minimum absolute atomic E-state index is 0.0732. The second-order valence-electron chi connectivity index (χ2n) is 9.48. The van der Waals surface area contributed by atoms with E-state index in [0.29, 0.717) is 38.4 Å². The summed E-state index contributed by atoms with van der Waals surface area (Å²) in [4.78, 5) is 44.1. The highest BCUT2D eigenvalue weighted by Crippen LogP contribution is 2.30. The van der Waals surface area contributed by atoms with Crippen molar-refractivity contribution in [1.29, 1.82) is 0 Å². The Morgan fingerprint density at radius 2 is 1.60 bits per heavy atom. The molecule has 0 aliphatic heterocycles. The molecule has 0 saturated carbocycles. The van der Waals surface area contributed by atoms with Crippen LogP contribution in [0.1, 0.15) is 15.9 Å². The van der Waals surface area contributed by atoms with Crippen LogP contribution in [0, 0.1) is 0 Å². The minimum atomic E-state index is -0.491. The molecular weight excluding hydrogens is 628 g/mol. The monoisotopic (exact) mass is 654 g/mol. The summed E-state index contributed by atoms with van der Waals surface area (Å²) in [6.07, 6.45) is 1.60. The molecule has 1 aromatic heterocycles. The van der Waals surface area contributed by atoms with Gasteiger partial charge in [0, 0.05) is 32.1 Å². The molecule has 4 aromatic carbocycles. The number of rotatable bonds is 11. The van der Waals surface area contributed by atoms with Gasteiger partial charge in [-0.3, -0.25) is 14.4 Å². The Morgan fingerprint density at radius 3 is 2.31 bits per heavy atom. The van der Waals surface area contributed by atoms with Crippen LogP contribution in [0.25, 0.3) is 17.3 Å². The molecule has 45 heavy (non-hydrogen) atoms. The molecule has 5 rings (SSSR count). The first-order chi connectivity index (χ1) is 21.9. The minimum Gasteiger partial charge on any atom is -0.497 e. The number of anilines is 2. The Bertz CT molecular complexity index is 1830. The quantitative estimate of drug-likeness (QED) is 0.0999. The van der Waals surface area contributed by atoms with Crippen molar-refractivity contribution in [2.24, 2.45) is 0 Å². The molecule has 0 aliphatic rings. The fourth-order valence-corrected chi connectivity index (χ4v) is 5.73. The van der Waals surface area contributed by atoms with Crippen LogP contribution in [-0.4, -0.2) is 35.6 Å². The van der Waals surface area contributed by atoms with E-state index in [1.807, 2.05) is 41.8 Å². The number of benzene rings is 4. The van der Waals surface area contributed by atoms with E-state index >= 15 is 0 Å². The summed E-state index contributed by atoms with van der Waals surface area (Å²) in [7, 11) is 1.57. The molecule has 3 amide bonds. The van der Waals surface area contributed by atoms with E-state index in [9.17, 15) is 14.4 Å². The van der Waals surface area contributed by atoms with Crippen molar-refractivity contribution in [2.75, 3.05) is 23.5 Å². The summed E-state index contributed by atoms with van der Waals surface area (Å²) < 4.78 is 5.21. The molecule has 0 spiro atoms. The van der Waals surface area contributed by atoms with E-state index < -0.39 is 11.8 Å². The number of thioether (sulfide) groups is 1. The highest BCUT2D eigenvalue weighted by atomic mass is 35.5. The number of carbonyl (C=O) groups is 3. The lowest BCUT2D eigenvalue weighted by atomic mass is 10.1. The van der Waals surface area contributed by atoms with E-state index in [0.717, 1.165) is 10.5 Å². The fourth-order valence-electron chi connectivity index (χ4n) is 4.07. The van der Waals surface area contributed by atoms with E-state index in [1.165, 1.54) is 23.1 Å². The Balaban J connectivity index is 1.19. The standard InChI is InChI=1S/C34H27ClN4O4S2/c1-43-25-15-11-22(12-16-25)19-29(37-32(41)23-7-3-2-4-8-23)33(42)36-24-13-17-26(18-14-24)44-21-31(40)39-34-38-30(20-45-34)27-9-5-6-10-28(27)35/h2-20H,21H2,1H3,(H,36,42)(H,37,41)(H,38,39,40)/b29-19-. The molecule has 3 N–H and O–H groups in total. The molecule has 0 saturated heterocycles. The summed E-state index contributed by atoms with van der Waals surface area (Å²) in [5, 5.41) is 11.3. The zero-order chi connectivity index (χ0) is 31.6. The van der Waals surface area contributed by atoms with E-state index in [1.54, 1.807) is 79.9 Å². The number of thiazole rings is 1. The zero-order valence-corrected chi connectivity index (χ0v) is 26.3. The third-order valence-electron chi connectivity index (χ3n) is 6.34. The first-order valence-corrected chi connectivity index (χ1v) is 15.9. The van der Waals surface area contributed by atoms with Crippen LogP contribution >= 0.6 is 34.7 Å². The predicted octanol–water partition coefficient (Wildman–Crippen LogP) is 7.61. The fraction of sp³-hybridized carbons (Fsp3) is 0.0588. The van der Waals surface area contributed by atoms with Gasteiger partial charge in [-0.05, 0) is 66.2 Å². The number of carbonyl (C=O) groups excluding carboxylic acids is 3. The van der Waals surface area contributed by atoms with Crippen molar-refractivity contribution in [2.45, 2.75) is 4.90 Å². The van der Waals surface area contributed by atoms with Crippen LogP contribution in [0.3, 0.4) is 0 Å². The lowest BCUT2D eigenvalue weighted by Gasteiger charge is -2.12. The molecule has 0 unspecified atom stereocenters. The van der Waals surface area contributed by atoms with Gasteiger partial charge in [0.25, 0.3) is 11.8 Å². The van der Waals surface area contributed by atoms with Gasteiger partial charge in [0.1, 0.15) is 11.4 Å². The first kappa shape index (κ1) is 31.5. The summed E-state index contributed by atoms with van der Waals surface area (Å²) in [6, 6.07) is 30.3. The lowest BCUT2D eigenvalue weighted by molar-refractivity contribution is -0.114. The van der Waals surface area contributed by atoms with Gasteiger partial charge in [-0.25, -0.2) is 4.98 Å². The summed E-state index contributed by atoms with van der Waals surface area (Å²) in [5.74, 6) is -0.247. The summed E-state index contributed by atoms with van der Waals surface area (Å²) in [6.45, 7) is 0. The highest BCUT2D eigenvalue weighted by Gasteiger charge is 2.16. The smallest absolute Gasteiger partial charge is 0.272 e. The Hall–Kier alpha value is -4.90. The van der Waals surface area contributed by atoms with Gasteiger partial charge in [0.15, 0.2) is 5.13 Å². The largest absolute Gasteiger partial charge is 0.497 e. The lowest BCUT2D eigenvalue weighted by Crippen LogP contribution is -2.30.